The summed E-state index contributed by atoms with van der Waals surface area (Å²) in [4.78, 5) is 37.1. The summed E-state index contributed by atoms with van der Waals surface area (Å²) in [6, 6.07) is 12.5. The lowest BCUT2D eigenvalue weighted by molar-refractivity contribution is -0.129. The second kappa shape index (κ2) is 12.2. The molecule has 1 N–H and O–H groups in total. The third-order valence-electron chi connectivity index (χ3n) is 4.89. The minimum atomic E-state index is -0.902. The third kappa shape index (κ3) is 6.28. The van der Waals surface area contributed by atoms with Crippen molar-refractivity contribution in [2.75, 3.05) is 34.0 Å². The molecule has 0 aliphatic rings. The summed E-state index contributed by atoms with van der Waals surface area (Å²) in [6.07, 6.45) is 1.36. The number of nitrogens with zero attached hydrogens (tertiary/aromatic N) is 1. The Morgan fingerprint density at radius 1 is 1.11 bits per heavy atom. The molecule has 1 aromatic heterocycles. The molecular weight excluding hydrogens is 468 g/mol. The highest BCUT2D eigenvalue weighted by atomic mass is 16.5. The maximum Gasteiger partial charge on any atom is 0.354 e. The maximum atomic E-state index is 12.6. The molecule has 1 amide bonds. The first-order valence-corrected chi connectivity index (χ1v) is 10.9. The summed E-state index contributed by atoms with van der Waals surface area (Å²) < 4.78 is 26.2. The highest BCUT2D eigenvalue weighted by molar-refractivity contribution is 6.00. The van der Waals surface area contributed by atoms with Gasteiger partial charge in [0.25, 0.3) is 5.91 Å². The minimum absolute atomic E-state index is 0.0540. The van der Waals surface area contributed by atoms with Crippen LogP contribution < -0.4 is 25.2 Å². The van der Waals surface area contributed by atoms with E-state index in [1.807, 2.05) is 13.0 Å². The molecular formula is C26H24N2O8. The number of fused-ring (bicyclic) bond motifs is 1. The zero-order valence-corrected chi connectivity index (χ0v) is 20.0. The Morgan fingerprint density at radius 2 is 1.92 bits per heavy atom. The fourth-order valence-electron chi connectivity index (χ4n) is 3.19. The number of esters is 1. The number of rotatable bonds is 10. The first-order chi connectivity index (χ1) is 17.4. The van der Waals surface area contributed by atoms with Crippen molar-refractivity contribution in [2.24, 2.45) is 0 Å². The van der Waals surface area contributed by atoms with Crippen molar-refractivity contribution in [3.05, 3.63) is 69.6 Å². The van der Waals surface area contributed by atoms with Crippen LogP contribution in [0.15, 0.2) is 57.2 Å². The lowest BCUT2D eigenvalue weighted by Gasteiger charge is -2.10. The number of nitrogens with one attached hydrogen (secondary N) is 1. The molecule has 0 saturated heterocycles. The lowest BCUT2D eigenvalue weighted by Crippen LogP contribution is -2.30. The topological polar surface area (TPSA) is 137 Å². The molecule has 0 bridgehead atoms. The van der Waals surface area contributed by atoms with Gasteiger partial charge in [-0.3, -0.25) is 4.79 Å². The molecule has 0 radical (unpaired) electrons. The van der Waals surface area contributed by atoms with Gasteiger partial charge >= 0.3 is 11.6 Å². The Balaban J connectivity index is 1.81. The van der Waals surface area contributed by atoms with Gasteiger partial charge in [0, 0.05) is 25.1 Å². The van der Waals surface area contributed by atoms with Crippen molar-refractivity contribution in [2.45, 2.75) is 6.92 Å². The molecule has 10 heteroatoms. The van der Waals surface area contributed by atoms with E-state index < -0.39 is 17.5 Å². The molecule has 0 aliphatic heterocycles. The molecule has 3 rings (SSSR count). The van der Waals surface area contributed by atoms with Crippen molar-refractivity contribution < 1.29 is 33.0 Å². The summed E-state index contributed by atoms with van der Waals surface area (Å²) in [5.74, 6) is -0.452. The van der Waals surface area contributed by atoms with Gasteiger partial charge < -0.3 is 28.7 Å². The quantitative estimate of drug-likeness (QED) is 0.113. The molecule has 0 fully saturated rings. The van der Waals surface area contributed by atoms with Crippen LogP contribution in [0, 0.1) is 11.3 Å². The molecule has 1 heterocycles. The van der Waals surface area contributed by atoms with Gasteiger partial charge in [0.15, 0.2) is 11.5 Å². The molecule has 0 unspecified atom stereocenters. The molecule has 186 valence electrons. The molecule has 3 aromatic rings. The molecule has 0 aliphatic carbocycles. The summed E-state index contributed by atoms with van der Waals surface area (Å²) in [5.41, 5.74) is -0.625. The van der Waals surface area contributed by atoms with Gasteiger partial charge in [-0.1, -0.05) is 6.07 Å². The fraction of sp³-hybridized carbons (Fsp3) is 0.231. The van der Waals surface area contributed by atoms with E-state index in [1.54, 1.807) is 18.2 Å². The van der Waals surface area contributed by atoms with Gasteiger partial charge in [-0.2, -0.15) is 5.26 Å². The number of methoxy groups -OCH3 is 2. The number of benzene rings is 2. The van der Waals surface area contributed by atoms with Crippen molar-refractivity contribution in [1.29, 1.82) is 5.26 Å². The summed E-state index contributed by atoms with van der Waals surface area (Å²) in [6.45, 7) is 2.83. The molecule has 2 aromatic carbocycles. The van der Waals surface area contributed by atoms with Crippen molar-refractivity contribution in [3.63, 3.8) is 0 Å². The third-order valence-corrected chi connectivity index (χ3v) is 4.89. The van der Waals surface area contributed by atoms with E-state index in [2.05, 4.69) is 5.32 Å². The number of nitriles is 1. The van der Waals surface area contributed by atoms with Crippen LogP contribution in [-0.4, -0.2) is 45.9 Å². The Hall–Kier alpha value is -4.62. The Bertz CT molecular complexity index is 1400. The molecule has 0 saturated carbocycles. The predicted molar refractivity (Wildman–Crippen MR) is 130 cm³/mol. The van der Waals surface area contributed by atoms with Gasteiger partial charge in [-0.25, -0.2) is 9.59 Å². The molecule has 0 atom stereocenters. The van der Waals surface area contributed by atoms with Gasteiger partial charge in [0.05, 0.1) is 20.3 Å². The number of ether oxygens (including phenoxy) is 4. The zero-order chi connectivity index (χ0) is 26.1. The summed E-state index contributed by atoms with van der Waals surface area (Å²) in [7, 11) is 2.98. The maximum absolute atomic E-state index is 12.6. The van der Waals surface area contributed by atoms with Crippen molar-refractivity contribution in [1.82, 2.24) is 5.32 Å². The van der Waals surface area contributed by atoms with Crippen molar-refractivity contribution >= 4 is 28.9 Å². The van der Waals surface area contributed by atoms with Gasteiger partial charge in [0.1, 0.15) is 28.5 Å². The monoisotopic (exact) mass is 492 g/mol. The van der Waals surface area contributed by atoms with E-state index in [0.29, 0.717) is 35.7 Å². The van der Waals surface area contributed by atoms with Crippen LogP contribution >= 0.6 is 0 Å². The number of carbonyl (C=O) groups is 2. The van der Waals surface area contributed by atoms with Crippen LogP contribution in [0.4, 0.5) is 0 Å². The van der Waals surface area contributed by atoms with E-state index in [9.17, 15) is 19.6 Å². The summed E-state index contributed by atoms with van der Waals surface area (Å²) >= 11 is 0. The number of amides is 1. The minimum Gasteiger partial charge on any atom is -0.493 e. The summed E-state index contributed by atoms with van der Waals surface area (Å²) in [5, 5.41) is 12.5. The van der Waals surface area contributed by atoms with E-state index in [1.165, 1.54) is 44.6 Å². The lowest BCUT2D eigenvalue weighted by atomic mass is 10.1. The van der Waals surface area contributed by atoms with Crippen LogP contribution in [0.2, 0.25) is 0 Å². The van der Waals surface area contributed by atoms with E-state index in [-0.39, 0.29) is 29.0 Å². The van der Waals surface area contributed by atoms with E-state index >= 15 is 0 Å². The van der Waals surface area contributed by atoms with Gasteiger partial charge in [0.2, 0.25) is 0 Å². The first kappa shape index (κ1) is 26.0. The zero-order valence-electron chi connectivity index (χ0n) is 20.0. The van der Waals surface area contributed by atoms with E-state index in [0.717, 1.165) is 0 Å². The Kier molecular flexibility index (Phi) is 8.80. The highest BCUT2D eigenvalue weighted by Crippen LogP contribution is 2.29. The van der Waals surface area contributed by atoms with E-state index in [4.69, 9.17) is 23.4 Å². The smallest absolute Gasteiger partial charge is 0.354 e. The molecule has 36 heavy (non-hydrogen) atoms. The van der Waals surface area contributed by atoms with Gasteiger partial charge in [-0.05, 0) is 48.9 Å². The van der Waals surface area contributed by atoms with Crippen molar-refractivity contribution in [3.8, 4) is 23.3 Å². The Morgan fingerprint density at radius 3 is 2.61 bits per heavy atom. The van der Waals surface area contributed by atoms with Crippen LogP contribution in [0.5, 0.6) is 17.2 Å². The van der Waals surface area contributed by atoms with Crippen LogP contribution in [-0.2, 0) is 9.53 Å². The number of carbonyl (C=O) groups excluding carboxylic acids is 2. The number of hydrogen-bond acceptors (Lipinski definition) is 9. The second-order valence-electron chi connectivity index (χ2n) is 7.30. The van der Waals surface area contributed by atoms with Crippen LogP contribution in [0.1, 0.15) is 22.8 Å². The number of hydrogen-bond donors (Lipinski definition) is 1. The fourth-order valence-corrected chi connectivity index (χ4v) is 3.19. The highest BCUT2D eigenvalue weighted by Gasteiger charge is 2.16. The van der Waals surface area contributed by atoms with Gasteiger partial charge in [-0.15, -0.1) is 0 Å². The average Bonchev–Trinajstić information content (AvgIpc) is 2.87. The molecule has 10 nitrogen and oxygen atoms in total. The second-order valence-corrected chi connectivity index (χ2v) is 7.30. The van der Waals surface area contributed by atoms with Crippen LogP contribution in [0.25, 0.3) is 17.0 Å². The average molecular weight is 492 g/mol. The molecule has 0 spiro atoms. The standard InChI is InChI=1S/C26H24N2O8/c1-4-34-21-8-5-16(12-23(21)33-3)11-18(15-27)25(30)35-19-7-6-17-13-20(24(29)28-9-10-32-2)26(31)36-22(17)14-19/h5-8,11-14H,4,9-10H2,1-3H3,(H,28,29)/b18-11+. The normalized spacial score (nSPS) is 11.0. The SMILES string of the molecule is CCOc1ccc(/C=C(\C#N)C(=O)Oc2ccc3cc(C(=O)NCCOC)c(=O)oc3c2)cc1OC. The Labute approximate surface area is 206 Å². The largest absolute Gasteiger partial charge is 0.493 e. The predicted octanol–water partition coefficient (Wildman–Crippen LogP) is 3.09. The first-order valence-electron chi connectivity index (χ1n) is 10.9. The van der Waals surface area contributed by atoms with Crippen LogP contribution in [0.3, 0.4) is 0 Å².